The van der Waals surface area contributed by atoms with Gasteiger partial charge in [0, 0.05) is 12.4 Å². The maximum Gasteiger partial charge on any atom is 0.402 e. The Kier molecular flexibility index (Phi) is 4.47. The predicted octanol–water partition coefficient (Wildman–Crippen LogP) is 1.05. The molecular formula is C5H9ClF3NO2S. The average Bonchev–Trinajstić information content (AvgIpc) is 1.81. The molecule has 0 aliphatic heterocycles. The predicted molar refractivity (Wildman–Crippen MR) is 43.2 cm³/mol. The molecule has 0 saturated carbocycles. The summed E-state index contributed by atoms with van der Waals surface area (Å²) in [5.74, 6) is -0.164. The highest BCUT2D eigenvalue weighted by Gasteiger charge is 2.34. The SMILES string of the molecule is CS(=O)(=O)N(CCCl)CC(F)(F)F. The Hall–Kier alpha value is -0.0100. The van der Waals surface area contributed by atoms with E-state index in [2.05, 4.69) is 0 Å². The number of nitrogens with zero attached hydrogens (tertiary/aromatic N) is 1. The van der Waals surface area contributed by atoms with Crippen LogP contribution < -0.4 is 0 Å². The highest BCUT2D eigenvalue weighted by molar-refractivity contribution is 7.88. The van der Waals surface area contributed by atoms with Gasteiger partial charge in [0.25, 0.3) is 0 Å². The van der Waals surface area contributed by atoms with Gasteiger partial charge >= 0.3 is 6.18 Å². The van der Waals surface area contributed by atoms with Gasteiger partial charge in [-0.25, -0.2) is 8.42 Å². The van der Waals surface area contributed by atoms with Crippen LogP contribution in [-0.2, 0) is 10.0 Å². The second kappa shape index (κ2) is 4.47. The lowest BCUT2D eigenvalue weighted by atomic mass is 10.6. The third-order valence-electron chi connectivity index (χ3n) is 1.16. The van der Waals surface area contributed by atoms with Gasteiger partial charge in [0.05, 0.1) is 6.26 Å². The monoisotopic (exact) mass is 239 g/mol. The third-order valence-corrected chi connectivity index (χ3v) is 2.58. The standard InChI is InChI=1S/C5H9ClF3NO2S/c1-13(11,12)10(3-2-6)4-5(7,8)9/h2-4H2,1H3. The van der Waals surface area contributed by atoms with Crippen LogP contribution in [0.5, 0.6) is 0 Å². The largest absolute Gasteiger partial charge is 0.402 e. The van der Waals surface area contributed by atoms with E-state index in [-0.39, 0.29) is 12.4 Å². The molecule has 0 amide bonds. The molecule has 0 bridgehead atoms. The number of alkyl halides is 4. The van der Waals surface area contributed by atoms with Gasteiger partial charge in [-0.1, -0.05) is 0 Å². The lowest BCUT2D eigenvalue weighted by Crippen LogP contribution is -2.39. The van der Waals surface area contributed by atoms with Gasteiger partial charge in [0.2, 0.25) is 10.0 Å². The first-order valence-corrected chi connectivity index (χ1v) is 5.63. The normalized spacial score (nSPS) is 13.7. The average molecular weight is 240 g/mol. The highest BCUT2D eigenvalue weighted by atomic mass is 35.5. The molecule has 80 valence electrons. The Balaban J connectivity index is 4.46. The maximum atomic E-state index is 11.8. The molecule has 0 aliphatic rings. The number of sulfonamides is 1. The fourth-order valence-electron chi connectivity index (χ4n) is 0.656. The fraction of sp³-hybridized carbons (Fsp3) is 1.00. The topological polar surface area (TPSA) is 37.4 Å². The molecule has 0 spiro atoms. The van der Waals surface area contributed by atoms with Crippen LogP contribution in [0.2, 0.25) is 0 Å². The molecule has 0 aromatic carbocycles. The van der Waals surface area contributed by atoms with Crippen molar-refractivity contribution in [3.05, 3.63) is 0 Å². The lowest BCUT2D eigenvalue weighted by molar-refractivity contribution is -0.135. The first kappa shape index (κ1) is 13.0. The molecule has 0 aromatic heterocycles. The van der Waals surface area contributed by atoms with Gasteiger partial charge in [0.15, 0.2) is 0 Å². The van der Waals surface area contributed by atoms with Crippen LogP contribution in [0.25, 0.3) is 0 Å². The van der Waals surface area contributed by atoms with E-state index in [1.807, 2.05) is 0 Å². The molecule has 0 aliphatic carbocycles. The van der Waals surface area contributed by atoms with Crippen molar-refractivity contribution in [3.8, 4) is 0 Å². The van der Waals surface area contributed by atoms with Crippen LogP contribution >= 0.6 is 11.6 Å². The van der Waals surface area contributed by atoms with Gasteiger partial charge < -0.3 is 0 Å². The van der Waals surface area contributed by atoms with E-state index in [1.54, 1.807) is 0 Å². The van der Waals surface area contributed by atoms with Crippen LogP contribution in [0.1, 0.15) is 0 Å². The fourth-order valence-corrected chi connectivity index (χ4v) is 1.76. The molecule has 0 radical (unpaired) electrons. The quantitative estimate of drug-likeness (QED) is 0.688. The Labute approximate surface area is 79.5 Å². The first-order chi connectivity index (χ1) is 5.67. The van der Waals surface area contributed by atoms with Crippen LogP contribution in [0, 0.1) is 0 Å². The van der Waals surface area contributed by atoms with Crippen LogP contribution in [0.3, 0.4) is 0 Å². The Bertz CT molecular complexity index is 251. The van der Waals surface area contributed by atoms with E-state index < -0.39 is 22.7 Å². The van der Waals surface area contributed by atoms with Gasteiger partial charge in [-0.15, -0.1) is 11.6 Å². The molecule has 3 nitrogen and oxygen atoms in total. The summed E-state index contributed by atoms with van der Waals surface area (Å²) in [4.78, 5) is 0. The molecule has 0 atom stereocenters. The van der Waals surface area contributed by atoms with E-state index in [1.165, 1.54) is 0 Å². The Morgan fingerprint density at radius 3 is 2.08 bits per heavy atom. The van der Waals surface area contributed by atoms with E-state index in [0.717, 1.165) is 0 Å². The van der Waals surface area contributed by atoms with E-state index in [9.17, 15) is 21.6 Å². The lowest BCUT2D eigenvalue weighted by Gasteiger charge is -2.19. The van der Waals surface area contributed by atoms with Crippen molar-refractivity contribution < 1.29 is 21.6 Å². The Morgan fingerprint density at radius 1 is 1.38 bits per heavy atom. The van der Waals surface area contributed by atoms with Crippen molar-refractivity contribution in [2.45, 2.75) is 6.18 Å². The van der Waals surface area contributed by atoms with Gasteiger partial charge in [-0.3, -0.25) is 0 Å². The zero-order chi connectivity index (χ0) is 10.7. The molecular weight excluding hydrogens is 231 g/mol. The zero-order valence-corrected chi connectivity index (χ0v) is 8.38. The first-order valence-electron chi connectivity index (χ1n) is 3.24. The van der Waals surface area contributed by atoms with E-state index >= 15 is 0 Å². The number of rotatable bonds is 4. The van der Waals surface area contributed by atoms with Crippen LogP contribution in [0.15, 0.2) is 0 Å². The summed E-state index contributed by atoms with van der Waals surface area (Å²) in [7, 11) is -3.83. The summed E-state index contributed by atoms with van der Waals surface area (Å²) >= 11 is 5.16. The van der Waals surface area contributed by atoms with Crippen molar-refractivity contribution in [2.75, 3.05) is 25.2 Å². The molecule has 8 heteroatoms. The third kappa shape index (κ3) is 6.11. The van der Waals surface area contributed by atoms with Crippen molar-refractivity contribution in [3.63, 3.8) is 0 Å². The molecule has 0 aromatic rings. The molecule has 0 saturated heterocycles. The zero-order valence-electron chi connectivity index (χ0n) is 6.81. The summed E-state index contributed by atoms with van der Waals surface area (Å²) in [5.41, 5.74) is 0. The molecule has 0 fully saturated rings. The molecule has 0 unspecified atom stereocenters. The van der Waals surface area contributed by atoms with Gasteiger partial charge in [0.1, 0.15) is 6.54 Å². The summed E-state index contributed by atoms with van der Waals surface area (Å²) in [6, 6.07) is 0. The number of hydrogen-bond acceptors (Lipinski definition) is 2. The minimum atomic E-state index is -4.53. The van der Waals surface area contributed by atoms with Crippen molar-refractivity contribution in [1.82, 2.24) is 4.31 Å². The van der Waals surface area contributed by atoms with Crippen molar-refractivity contribution in [1.29, 1.82) is 0 Å². The van der Waals surface area contributed by atoms with Crippen LogP contribution in [-0.4, -0.2) is 44.1 Å². The second-order valence-corrected chi connectivity index (χ2v) is 4.76. The number of hydrogen-bond donors (Lipinski definition) is 0. The highest BCUT2D eigenvalue weighted by Crippen LogP contribution is 2.17. The van der Waals surface area contributed by atoms with E-state index in [4.69, 9.17) is 11.6 Å². The van der Waals surface area contributed by atoms with E-state index in [0.29, 0.717) is 10.6 Å². The van der Waals surface area contributed by atoms with Crippen LogP contribution in [0.4, 0.5) is 13.2 Å². The van der Waals surface area contributed by atoms with Crippen molar-refractivity contribution >= 4 is 21.6 Å². The summed E-state index contributed by atoms with van der Waals surface area (Å²) in [5, 5.41) is 0. The molecule has 0 N–H and O–H groups in total. The van der Waals surface area contributed by atoms with Gasteiger partial charge in [-0.05, 0) is 0 Å². The molecule has 0 heterocycles. The van der Waals surface area contributed by atoms with Crippen molar-refractivity contribution in [2.24, 2.45) is 0 Å². The molecule has 13 heavy (non-hydrogen) atoms. The smallest absolute Gasteiger partial charge is 0.212 e. The number of halogens is 4. The summed E-state index contributed by atoms with van der Waals surface area (Å²) < 4.78 is 57.3. The summed E-state index contributed by atoms with van der Waals surface area (Å²) in [6.07, 6.45) is -3.82. The van der Waals surface area contributed by atoms with Gasteiger partial charge in [-0.2, -0.15) is 17.5 Å². The summed E-state index contributed by atoms with van der Waals surface area (Å²) in [6.45, 7) is -1.82. The minimum absolute atomic E-state index is 0.164. The second-order valence-electron chi connectivity index (χ2n) is 2.40. The maximum absolute atomic E-state index is 11.8. The Morgan fingerprint density at radius 2 is 1.85 bits per heavy atom. The minimum Gasteiger partial charge on any atom is -0.212 e. The molecule has 0 rings (SSSR count).